The second-order valence-corrected chi connectivity index (χ2v) is 6.14. The Kier molecular flexibility index (Phi) is 4.65. The number of hydrogen-bond acceptors (Lipinski definition) is 4. The highest BCUT2D eigenvalue weighted by atomic mass is 19.3. The third-order valence-electron chi connectivity index (χ3n) is 4.59. The van der Waals surface area contributed by atoms with Crippen LogP contribution >= 0.6 is 0 Å². The molecule has 2 N–H and O–H groups in total. The zero-order valence-corrected chi connectivity index (χ0v) is 14.0. The summed E-state index contributed by atoms with van der Waals surface area (Å²) in [6.07, 6.45) is -0.636. The van der Waals surface area contributed by atoms with Crippen molar-refractivity contribution in [1.82, 2.24) is 25.3 Å². The number of alkyl halides is 2. The molecule has 7 nitrogen and oxygen atoms in total. The molecule has 0 unspecified atom stereocenters. The van der Waals surface area contributed by atoms with Crippen molar-refractivity contribution in [3.05, 3.63) is 44.1 Å². The van der Waals surface area contributed by atoms with Gasteiger partial charge in [-0.05, 0) is 38.7 Å². The number of amides is 1. The predicted molar refractivity (Wildman–Crippen MR) is 85.4 cm³/mol. The largest absolute Gasteiger partial charge is 0.350 e. The van der Waals surface area contributed by atoms with Crippen LogP contribution in [-0.4, -0.2) is 25.9 Å². The van der Waals surface area contributed by atoms with E-state index in [2.05, 4.69) is 20.6 Å². The zero-order valence-electron chi connectivity index (χ0n) is 14.0. The lowest BCUT2D eigenvalue weighted by Gasteiger charge is -2.09. The number of H-pyrrole nitrogens is 1. The van der Waals surface area contributed by atoms with Crippen LogP contribution in [0.5, 0.6) is 0 Å². The average Bonchev–Trinajstić information content (AvgIpc) is 3.15. The lowest BCUT2D eigenvalue weighted by Crippen LogP contribution is -2.31. The van der Waals surface area contributed by atoms with Gasteiger partial charge in [-0.2, -0.15) is 10.2 Å². The first-order valence-corrected chi connectivity index (χ1v) is 8.06. The number of aromatic amines is 1. The van der Waals surface area contributed by atoms with Gasteiger partial charge in [0.05, 0.1) is 5.69 Å². The van der Waals surface area contributed by atoms with Gasteiger partial charge in [-0.1, -0.05) is 0 Å². The molecule has 1 amide bonds. The van der Waals surface area contributed by atoms with E-state index in [1.54, 1.807) is 13.8 Å². The molecule has 0 aromatic carbocycles. The fourth-order valence-corrected chi connectivity index (χ4v) is 3.11. The summed E-state index contributed by atoms with van der Waals surface area (Å²) in [4.78, 5) is 24.0. The Balaban J connectivity index is 1.71. The standard InChI is InChI=1S/C16H19F2N5O2/c1-8-9(2)20-21-16(25)11(8)6-19-13(24)7-23-12-5-3-4-10(12)14(22-23)15(17)18/h15H,3-7H2,1-2H3,(H,19,24)(H,21,25). The van der Waals surface area contributed by atoms with Gasteiger partial charge in [-0.15, -0.1) is 0 Å². The van der Waals surface area contributed by atoms with Crippen molar-refractivity contribution in [2.24, 2.45) is 0 Å². The number of nitrogens with one attached hydrogen (secondary N) is 2. The monoisotopic (exact) mass is 351 g/mol. The molecule has 0 radical (unpaired) electrons. The topological polar surface area (TPSA) is 92.7 Å². The highest BCUT2D eigenvalue weighted by Gasteiger charge is 2.27. The van der Waals surface area contributed by atoms with E-state index in [1.807, 2.05) is 0 Å². The average molecular weight is 351 g/mol. The highest BCUT2D eigenvalue weighted by molar-refractivity contribution is 5.75. The van der Waals surface area contributed by atoms with Crippen molar-refractivity contribution < 1.29 is 13.6 Å². The molecule has 0 saturated carbocycles. The number of fused-ring (bicyclic) bond motifs is 1. The number of aryl methyl sites for hydroxylation is 1. The Bertz CT molecular complexity index is 872. The Morgan fingerprint density at radius 2 is 2.12 bits per heavy atom. The lowest BCUT2D eigenvalue weighted by molar-refractivity contribution is -0.122. The molecule has 2 aromatic rings. The van der Waals surface area contributed by atoms with Crippen LogP contribution in [0, 0.1) is 13.8 Å². The van der Waals surface area contributed by atoms with Gasteiger partial charge in [-0.25, -0.2) is 13.9 Å². The Morgan fingerprint density at radius 1 is 1.36 bits per heavy atom. The fourth-order valence-electron chi connectivity index (χ4n) is 3.11. The molecule has 0 saturated heterocycles. The van der Waals surface area contributed by atoms with E-state index in [4.69, 9.17) is 0 Å². The number of aromatic nitrogens is 4. The number of carbonyl (C=O) groups excluding carboxylic acids is 1. The summed E-state index contributed by atoms with van der Waals surface area (Å²) in [6, 6.07) is 0. The zero-order chi connectivity index (χ0) is 18.1. The third-order valence-corrected chi connectivity index (χ3v) is 4.59. The van der Waals surface area contributed by atoms with E-state index < -0.39 is 6.43 Å². The molecule has 1 aliphatic rings. The quantitative estimate of drug-likeness (QED) is 0.850. The van der Waals surface area contributed by atoms with Crippen molar-refractivity contribution in [2.45, 2.75) is 52.6 Å². The van der Waals surface area contributed by atoms with Crippen LogP contribution in [0.2, 0.25) is 0 Å². The fraction of sp³-hybridized carbons (Fsp3) is 0.500. The molecule has 0 spiro atoms. The van der Waals surface area contributed by atoms with Gasteiger partial charge < -0.3 is 5.32 Å². The van der Waals surface area contributed by atoms with Gasteiger partial charge in [0.1, 0.15) is 12.2 Å². The lowest BCUT2D eigenvalue weighted by atomic mass is 10.1. The van der Waals surface area contributed by atoms with Crippen molar-refractivity contribution >= 4 is 5.91 Å². The maximum atomic E-state index is 13.0. The highest BCUT2D eigenvalue weighted by Crippen LogP contribution is 2.31. The minimum absolute atomic E-state index is 0.0501. The van der Waals surface area contributed by atoms with Crippen LogP contribution in [0.1, 0.15) is 46.6 Å². The van der Waals surface area contributed by atoms with E-state index in [1.165, 1.54) is 4.68 Å². The Hall–Kier alpha value is -2.58. The minimum Gasteiger partial charge on any atom is -0.350 e. The summed E-state index contributed by atoms with van der Waals surface area (Å²) in [5.41, 5.74) is 2.51. The van der Waals surface area contributed by atoms with Crippen molar-refractivity contribution in [1.29, 1.82) is 0 Å². The van der Waals surface area contributed by atoms with Crippen LogP contribution < -0.4 is 10.9 Å². The van der Waals surface area contributed by atoms with Crippen LogP contribution in [0.15, 0.2) is 4.79 Å². The normalized spacial score (nSPS) is 13.3. The summed E-state index contributed by atoms with van der Waals surface area (Å²) in [5, 5.41) is 12.8. The molecule has 2 heterocycles. The van der Waals surface area contributed by atoms with Crippen LogP contribution in [0.4, 0.5) is 8.78 Å². The number of carbonyl (C=O) groups is 1. The Labute approximate surface area is 142 Å². The van der Waals surface area contributed by atoms with Gasteiger partial charge in [0, 0.05) is 23.4 Å². The van der Waals surface area contributed by atoms with E-state index in [9.17, 15) is 18.4 Å². The van der Waals surface area contributed by atoms with E-state index in [0.29, 0.717) is 40.9 Å². The summed E-state index contributed by atoms with van der Waals surface area (Å²) in [7, 11) is 0. The molecular weight excluding hydrogens is 332 g/mol. The second kappa shape index (κ2) is 6.73. The SMILES string of the molecule is Cc1n[nH]c(=O)c(CNC(=O)Cn2nc(C(F)F)c3c2CCC3)c1C. The van der Waals surface area contributed by atoms with Gasteiger partial charge in [0.2, 0.25) is 5.91 Å². The molecule has 3 rings (SSSR count). The number of halogens is 2. The molecule has 25 heavy (non-hydrogen) atoms. The van der Waals surface area contributed by atoms with E-state index >= 15 is 0 Å². The number of nitrogens with zero attached hydrogens (tertiary/aromatic N) is 3. The molecule has 134 valence electrons. The van der Waals surface area contributed by atoms with Gasteiger partial charge in [0.15, 0.2) is 0 Å². The number of rotatable bonds is 5. The summed E-state index contributed by atoms with van der Waals surface area (Å²) in [6.45, 7) is 3.43. The first kappa shape index (κ1) is 17.2. The molecule has 0 fully saturated rings. The maximum Gasteiger partial charge on any atom is 0.282 e. The smallest absolute Gasteiger partial charge is 0.282 e. The summed E-state index contributed by atoms with van der Waals surface area (Å²) < 4.78 is 27.5. The minimum atomic E-state index is -2.64. The second-order valence-electron chi connectivity index (χ2n) is 6.14. The van der Waals surface area contributed by atoms with Crippen LogP contribution in [0.3, 0.4) is 0 Å². The van der Waals surface area contributed by atoms with Crippen LogP contribution in [-0.2, 0) is 30.7 Å². The van der Waals surface area contributed by atoms with Gasteiger partial charge in [0.25, 0.3) is 12.0 Å². The molecule has 0 aliphatic heterocycles. The summed E-state index contributed by atoms with van der Waals surface area (Å²) in [5.74, 6) is -0.383. The molecule has 0 bridgehead atoms. The van der Waals surface area contributed by atoms with Gasteiger partial charge in [-0.3, -0.25) is 14.3 Å². The summed E-state index contributed by atoms with van der Waals surface area (Å²) >= 11 is 0. The molecular formula is C16H19F2N5O2. The Morgan fingerprint density at radius 3 is 2.84 bits per heavy atom. The number of hydrogen-bond donors (Lipinski definition) is 2. The molecule has 1 aliphatic carbocycles. The molecule has 9 heteroatoms. The van der Waals surface area contributed by atoms with E-state index in [0.717, 1.165) is 6.42 Å². The van der Waals surface area contributed by atoms with Crippen molar-refractivity contribution in [2.75, 3.05) is 0 Å². The molecule has 0 atom stereocenters. The van der Waals surface area contributed by atoms with E-state index in [-0.39, 0.29) is 30.2 Å². The first-order chi connectivity index (χ1) is 11.9. The van der Waals surface area contributed by atoms with Crippen molar-refractivity contribution in [3.8, 4) is 0 Å². The first-order valence-electron chi connectivity index (χ1n) is 8.06. The van der Waals surface area contributed by atoms with Crippen molar-refractivity contribution in [3.63, 3.8) is 0 Å². The predicted octanol–water partition coefficient (Wildman–Crippen LogP) is 1.33. The maximum absolute atomic E-state index is 13.0. The molecule has 2 aromatic heterocycles. The van der Waals surface area contributed by atoms with Crippen LogP contribution in [0.25, 0.3) is 0 Å². The third kappa shape index (κ3) is 3.31. The van der Waals surface area contributed by atoms with Gasteiger partial charge >= 0.3 is 0 Å².